The van der Waals surface area contributed by atoms with Gasteiger partial charge in [0.25, 0.3) is 0 Å². The number of benzene rings is 1. The van der Waals surface area contributed by atoms with E-state index in [0.717, 1.165) is 6.42 Å². The molecule has 0 saturated carbocycles. The molecule has 1 aromatic heterocycles. The molecule has 0 spiro atoms. The Morgan fingerprint density at radius 3 is 2.78 bits per heavy atom. The maximum absolute atomic E-state index is 9.39. The average molecular weight is 249 g/mol. The monoisotopic (exact) mass is 249 g/mol. The van der Waals surface area contributed by atoms with Crippen LogP contribution in [0.1, 0.15) is 19.2 Å². The third kappa shape index (κ3) is 2.78. The summed E-state index contributed by atoms with van der Waals surface area (Å²) < 4.78 is 5.08. The van der Waals surface area contributed by atoms with Gasteiger partial charge in [0.2, 0.25) is 11.7 Å². The molecule has 0 fully saturated rings. The van der Waals surface area contributed by atoms with Crippen LogP contribution in [0.5, 0.6) is 11.5 Å². The third-order valence-electron chi connectivity index (χ3n) is 2.52. The van der Waals surface area contributed by atoms with E-state index in [2.05, 4.69) is 10.1 Å². The predicted octanol–water partition coefficient (Wildman–Crippen LogP) is 1.43. The van der Waals surface area contributed by atoms with Crippen LogP contribution < -0.4 is 5.73 Å². The second kappa shape index (κ2) is 5.05. The van der Waals surface area contributed by atoms with Crippen molar-refractivity contribution in [2.24, 2.45) is 5.73 Å². The van der Waals surface area contributed by atoms with E-state index in [-0.39, 0.29) is 17.5 Å². The number of nitrogens with zero attached hydrogens (tertiary/aromatic N) is 2. The van der Waals surface area contributed by atoms with Gasteiger partial charge in [0.05, 0.1) is 0 Å². The van der Waals surface area contributed by atoms with Crippen molar-refractivity contribution in [1.29, 1.82) is 0 Å². The van der Waals surface area contributed by atoms with Gasteiger partial charge in [0.15, 0.2) is 11.5 Å². The Labute approximate surface area is 104 Å². The Morgan fingerprint density at radius 1 is 1.33 bits per heavy atom. The lowest BCUT2D eigenvalue weighted by Crippen LogP contribution is -2.15. The topological polar surface area (TPSA) is 105 Å². The number of phenols is 2. The largest absolute Gasteiger partial charge is 0.504 e. The van der Waals surface area contributed by atoms with Gasteiger partial charge in [0, 0.05) is 18.0 Å². The lowest BCUT2D eigenvalue weighted by molar-refractivity contribution is 0.372. The average Bonchev–Trinajstić information content (AvgIpc) is 2.79. The molecule has 0 bridgehead atoms. The molecule has 0 saturated heterocycles. The molecule has 1 atom stereocenters. The van der Waals surface area contributed by atoms with Gasteiger partial charge in [-0.2, -0.15) is 4.98 Å². The van der Waals surface area contributed by atoms with Gasteiger partial charge >= 0.3 is 0 Å². The van der Waals surface area contributed by atoms with Crippen molar-refractivity contribution in [3.05, 3.63) is 24.1 Å². The van der Waals surface area contributed by atoms with Gasteiger partial charge in [-0.25, -0.2) is 0 Å². The Balaban J connectivity index is 2.16. The van der Waals surface area contributed by atoms with Gasteiger partial charge in [-0.05, 0) is 31.5 Å². The SMILES string of the molecule is CC(N)CCc1nc(-c2ccc(O)c(O)c2)no1. The van der Waals surface area contributed by atoms with E-state index in [9.17, 15) is 10.2 Å². The number of hydrogen-bond donors (Lipinski definition) is 3. The standard InChI is InChI=1S/C12H15N3O3/c1-7(13)2-5-11-14-12(15-18-11)8-3-4-9(16)10(17)6-8/h3-4,6-7,16-17H,2,5,13H2,1H3. The molecule has 18 heavy (non-hydrogen) atoms. The van der Waals surface area contributed by atoms with E-state index < -0.39 is 0 Å². The van der Waals surface area contributed by atoms with Crippen LogP contribution in [0.2, 0.25) is 0 Å². The van der Waals surface area contributed by atoms with Crippen molar-refractivity contribution in [3.8, 4) is 22.9 Å². The first kappa shape index (κ1) is 12.4. The highest BCUT2D eigenvalue weighted by molar-refractivity contribution is 5.59. The highest BCUT2D eigenvalue weighted by atomic mass is 16.5. The fourth-order valence-corrected chi connectivity index (χ4v) is 1.49. The fraction of sp³-hybridized carbons (Fsp3) is 0.333. The maximum atomic E-state index is 9.39. The maximum Gasteiger partial charge on any atom is 0.227 e. The fourth-order valence-electron chi connectivity index (χ4n) is 1.49. The van der Waals surface area contributed by atoms with Crippen LogP contribution in [-0.2, 0) is 6.42 Å². The van der Waals surface area contributed by atoms with Crippen molar-refractivity contribution in [2.75, 3.05) is 0 Å². The molecular weight excluding hydrogens is 234 g/mol. The first-order valence-corrected chi connectivity index (χ1v) is 5.67. The Morgan fingerprint density at radius 2 is 2.11 bits per heavy atom. The number of hydrogen-bond acceptors (Lipinski definition) is 6. The summed E-state index contributed by atoms with van der Waals surface area (Å²) in [5.74, 6) is 0.494. The van der Waals surface area contributed by atoms with Gasteiger partial charge in [-0.15, -0.1) is 0 Å². The van der Waals surface area contributed by atoms with Crippen molar-refractivity contribution in [1.82, 2.24) is 10.1 Å². The summed E-state index contributed by atoms with van der Waals surface area (Å²) in [6, 6.07) is 4.45. The number of aryl methyl sites for hydroxylation is 1. The van der Waals surface area contributed by atoms with E-state index in [1.165, 1.54) is 12.1 Å². The normalized spacial score (nSPS) is 12.6. The number of phenolic OH excluding ortho intramolecular Hbond substituents is 2. The van der Waals surface area contributed by atoms with E-state index in [1.807, 2.05) is 6.92 Å². The lowest BCUT2D eigenvalue weighted by Gasteiger charge is -1.99. The summed E-state index contributed by atoms with van der Waals surface area (Å²) >= 11 is 0. The molecule has 96 valence electrons. The third-order valence-corrected chi connectivity index (χ3v) is 2.52. The zero-order valence-electron chi connectivity index (χ0n) is 10.00. The van der Waals surface area contributed by atoms with Gasteiger partial charge in [-0.3, -0.25) is 0 Å². The Hall–Kier alpha value is -2.08. The molecule has 0 amide bonds. The number of aromatic hydroxyl groups is 2. The number of nitrogens with two attached hydrogens (primary N) is 1. The minimum Gasteiger partial charge on any atom is -0.504 e. The van der Waals surface area contributed by atoms with Crippen molar-refractivity contribution >= 4 is 0 Å². The molecule has 6 nitrogen and oxygen atoms in total. The van der Waals surface area contributed by atoms with Gasteiger partial charge in [-0.1, -0.05) is 5.16 Å². The minimum absolute atomic E-state index is 0.0815. The summed E-state index contributed by atoms with van der Waals surface area (Å²) in [6.07, 6.45) is 1.39. The Kier molecular flexibility index (Phi) is 3.47. The van der Waals surface area contributed by atoms with Crippen LogP contribution in [-0.4, -0.2) is 26.4 Å². The molecule has 0 radical (unpaired) electrons. The van der Waals surface area contributed by atoms with Crippen molar-refractivity contribution in [2.45, 2.75) is 25.8 Å². The Bertz CT molecular complexity index is 537. The molecule has 2 aromatic rings. The second-order valence-corrected chi connectivity index (χ2v) is 4.23. The molecule has 0 aliphatic rings. The molecule has 1 aromatic carbocycles. The zero-order chi connectivity index (χ0) is 13.1. The predicted molar refractivity (Wildman–Crippen MR) is 65.0 cm³/mol. The second-order valence-electron chi connectivity index (χ2n) is 4.23. The quantitative estimate of drug-likeness (QED) is 0.708. The lowest BCUT2D eigenvalue weighted by atomic mass is 10.2. The highest BCUT2D eigenvalue weighted by Gasteiger charge is 2.11. The zero-order valence-corrected chi connectivity index (χ0v) is 10.00. The summed E-state index contributed by atoms with van der Waals surface area (Å²) in [5, 5.41) is 22.4. The molecule has 1 heterocycles. The smallest absolute Gasteiger partial charge is 0.227 e. The van der Waals surface area contributed by atoms with Crippen LogP contribution >= 0.6 is 0 Å². The molecule has 1 unspecified atom stereocenters. The number of rotatable bonds is 4. The van der Waals surface area contributed by atoms with Crippen LogP contribution in [0, 0.1) is 0 Å². The minimum atomic E-state index is -0.213. The molecule has 6 heteroatoms. The highest BCUT2D eigenvalue weighted by Crippen LogP contribution is 2.29. The first-order chi connectivity index (χ1) is 8.56. The van der Waals surface area contributed by atoms with E-state index >= 15 is 0 Å². The summed E-state index contributed by atoms with van der Waals surface area (Å²) in [5.41, 5.74) is 6.23. The van der Waals surface area contributed by atoms with Crippen LogP contribution in [0.4, 0.5) is 0 Å². The molecule has 2 rings (SSSR count). The summed E-state index contributed by atoms with van der Waals surface area (Å²) in [4.78, 5) is 4.20. The summed E-state index contributed by atoms with van der Waals surface area (Å²) in [7, 11) is 0. The molecule has 0 aliphatic heterocycles. The van der Waals surface area contributed by atoms with Crippen LogP contribution in [0.3, 0.4) is 0 Å². The first-order valence-electron chi connectivity index (χ1n) is 5.67. The van der Waals surface area contributed by atoms with Crippen molar-refractivity contribution in [3.63, 3.8) is 0 Å². The van der Waals surface area contributed by atoms with E-state index in [1.54, 1.807) is 6.07 Å². The van der Waals surface area contributed by atoms with Crippen LogP contribution in [0.15, 0.2) is 22.7 Å². The van der Waals surface area contributed by atoms with Crippen LogP contribution in [0.25, 0.3) is 11.4 Å². The van der Waals surface area contributed by atoms with E-state index in [4.69, 9.17) is 10.3 Å². The molecule has 0 aliphatic carbocycles. The van der Waals surface area contributed by atoms with Crippen molar-refractivity contribution < 1.29 is 14.7 Å². The van der Waals surface area contributed by atoms with E-state index in [0.29, 0.717) is 23.7 Å². The van der Waals surface area contributed by atoms with Gasteiger partial charge in [0.1, 0.15) is 0 Å². The molecule has 4 N–H and O–H groups in total. The van der Waals surface area contributed by atoms with Gasteiger partial charge < -0.3 is 20.5 Å². The number of aromatic nitrogens is 2. The molecular formula is C12H15N3O3. The summed E-state index contributed by atoms with van der Waals surface area (Å²) in [6.45, 7) is 1.91.